The molecular formula is C8H12N2O2S. The van der Waals surface area contributed by atoms with E-state index in [4.69, 9.17) is 4.42 Å². The molecule has 0 saturated carbocycles. The van der Waals surface area contributed by atoms with Gasteiger partial charge in [-0.25, -0.2) is 4.98 Å². The van der Waals surface area contributed by atoms with Crippen molar-refractivity contribution in [2.45, 2.75) is 25.5 Å². The molecule has 0 amide bonds. The van der Waals surface area contributed by atoms with Gasteiger partial charge in [-0.3, -0.25) is 0 Å². The first-order chi connectivity index (χ1) is 6.00. The summed E-state index contributed by atoms with van der Waals surface area (Å²) in [4.78, 5) is 3.82. The number of oxazole rings is 1. The van der Waals surface area contributed by atoms with Crippen molar-refractivity contribution in [2.24, 2.45) is 4.40 Å². The molecule has 0 spiro atoms. The maximum absolute atomic E-state index is 11.4. The van der Waals surface area contributed by atoms with Crippen molar-refractivity contribution in [2.75, 3.05) is 0 Å². The minimum atomic E-state index is -1.23. The number of hydrogen-bond donors (Lipinski definition) is 0. The van der Waals surface area contributed by atoms with Crippen LogP contribution in [0.1, 0.15) is 26.5 Å². The molecule has 0 N–H and O–H groups in total. The van der Waals surface area contributed by atoms with Crippen LogP contribution in [0.5, 0.6) is 0 Å². The Kier molecular flexibility index (Phi) is 3.11. The molecular weight excluding hydrogens is 188 g/mol. The normalized spacial score (nSPS) is 15.1. The molecule has 0 saturated heterocycles. The largest absolute Gasteiger partial charge is 0.591 e. The van der Waals surface area contributed by atoms with Crippen molar-refractivity contribution in [3.05, 3.63) is 18.4 Å². The second kappa shape index (κ2) is 3.93. The molecule has 1 aromatic rings. The summed E-state index contributed by atoms with van der Waals surface area (Å²) in [7, 11) is 0. The van der Waals surface area contributed by atoms with Crippen LogP contribution in [0.15, 0.2) is 21.5 Å². The highest BCUT2D eigenvalue weighted by Crippen LogP contribution is 2.16. The third-order valence-corrected chi connectivity index (χ3v) is 2.60. The Hall–Kier alpha value is -0.810. The zero-order valence-corrected chi connectivity index (χ0v) is 8.67. The highest BCUT2D eigenvalue weighted by molar-refractivity contribution is 7.91. The molecule has 1 atom stereocenters. The zero-order chi connectivity index (χ0) is 9.90. The first kappa shape index (κ1) is 10.3. The molecule has 72 valence electrons. The predicted octanol–water partition coefficient (Wildman–Crippen LogP) is 1.56. The van der Waals surface area contributed by atoms with Crippen LogP contribution >= 0.6 is 0 Å². The van der Waals surface area contributed by atoms with Crippen molar-refractivity contribution in [1.82, 2.24) is 4.98 Å². The van der Waals surface area contributed by atoms with Crippen molar-refractivity contribution < 1.29 is 8.97 Å². The van der Waals surface area contributed by atoms with E-state index >= 15 is 0 Å². The third-order valence-electron chi connectivity index (χ3n) is 1.26. The van der Waals surface area contributed by atoms with Crippen molar-refractivity contribution in [3.8, 4) is 0 Å². The second-order valence-electron chi connectivity index (χ2n) is 3.51. The monoisotopic (exact) mass is 200 g/mol. The lowest BCUT2D eigenvalue weighted by Crippen LogP contribution is -2.25. The van der Waals surface area contributed by atoms with Gasteiger partial charge in [0.15, 0.2) is 6.39 Å². The van der Waals surface area contributed by atoms with Crippen LogP contribution in [0.25, 0.3) is 0 Å². The summed E-state index contributed by atoms with van der Waals surface area (Å²) in [6.07, 6.45) is 4.20. The average molecular weight is 200 g/mol. The summed E-state index contributed by atoms with van der Waals surface area (Å²) in [6, 6.07) is 0. The molecule has 4 nitrogen and oxygen atoms in total. The predicted molar refractivity (Wildman–Crippen MR) is 52.0 cm³/mol. The smallest absolute Gasteiger partial charge is 0.181 e. The Balaban J connectivity index is 2.59. The van der Waals surface area contributed by atoms with Crippen LogP contribution in [-0.4, -0.2) is 20.5 Å². The molecule has 1 unspecified atom stereocenters. The Morgan fingerprint density at radius 1 is 1.62 bits per heavy atom. The number of hydrogen-bond acceptors (Lipinski definition) is 4. The number of rotatable bonds is 2. The van der Waals surface area contributed by atoms with Gasteiger partial charge in [-0.05, 0) is 20.8 Å². The van der Waals surface area contributed by atoms with Crippen LogP contribution in [0.4, 0.5) is 0 Å². The quantitative estimate of drug-likeness (QED) is 0.537. The first-order valence-electron chi connectivity index (χ1n) is 3.84. The van der Waals surface area contributed by atoms with E-state index in [1.165, 1.54) is 18.9 Å². The van der Waals surface area contributed by atoms with E-state index in [-0.39, 0.29) is 4.75 Å². The summed E-state index contributed by atoms with van der Waals surface area (Å²) >= 11 is -1.23. The standard InChI is InChI=1S/C8H12N2O2S/c1-8(2,3)13(11)10-4-7-5-12-6-9-7/h4-6H,1-3H3/b10-4+. The van der Waals surface area contributed by atoms with Gasteiger partial charge in [0.05, 0.1) is 0 Å². The van der Waals surface area contributed by atoms with Gasteiger partial charge in [0, 0.05) is 0 Å². The van der Waals surface area contributed by atoms with Gasteiger partial charge < -0.3 is 8.97 Å². The summed E-state index contributed by atoms with van der Waals surface area (Å²) in [5.74, 6) is 0. The zero-order valence-electron chi connectivity index (χ0n) is 7.85. The topological polar surface area (TPSA) is 61.5 Å². The molecule has 5 heteroatoms. The molecule has 0 aliphatic carbocycles. The molecule has 1 heterocycles. The van der Waals surface area contributed by atoms with Gasteiger partial charge in [0.25, 0.3) is 0 Å². The summed E-state index contributed by atoms with van der Waals surface area (Å²) in [5, 5.41) is 0. The molecule has 0 radical (unpaired) electrons. The van der Waals surface area contributed by atoms with E-state index < -0.39 is 11.4 Å². The molecule has 13 heavy (non-hydrogen) atoms. The lowest BCUT2D eigenvalue weighted by atomic mass is 10.3. The van der Waals surface area contributed by atoms with E-state index in [1.54, 1.807) is 0 Å². The van der Waals surface area contributed by atoms with E-state index in [9.17, 15) is 4.55 Å². The molecule has 1 rings (SSSR count). The number of nitrogens with zero attached hydrogens (tertiary/aromatic N) is 2. The van der Waals surface area contributed by atoms with Gasteiger partial charge in [-0.2, -0.15) is 0 Å². The van der Waals surface area contributed by atoms with E-state index in [0.717, 1.165) is 0 Å². The second-order valence-corrected chi connectivity index (χ2v) is 5.44. The lowest BCUT2D eigenvalue weighted by Gasteiger charge is -2.17. The van der Waals surface area contributed by atoms with Crippen molar-refractivity contribution in [3.63, 3.8) is 0 Å². The van der Waals surface area contributed by atoms with Crippen LogP contribution in [0.3, 0.4) is 0 Å². The van der Waals surface area contributed by atoms with Crippen molar-refractivity contribution >= 4 is 17.6 Å². The minimum absolute atomic E-state index is 0.333. The van der Waals surface area contributed by atoms with Gasteiger partial charge in [0.1, 0.15) is 34.3 Å². The summed E-state index contributed by atoms with van der Waals surface area (Å²) in [5.41, 5.74) is 0.581. The Bertz CT molecular complexity index is 277. The maximum Gasteiger partial charge on any atom is 0.181 e. The molecule has 0 aromatic carbocycles. The van der Waals surface area contributed by atoms with E-state index in [2.05, 4.69) is 9.38 Å². The van der Waals surface area contributed by atoms with Gasteiger partial charge in [-0.15, -0.1) is 0 Å². The Morgan fingerprint density at radius 2 is 2.31 bits per heavy atom. The first-order valence-corrected chi connectivity index (χ1v) is 4.95. The Labute approximate surface area is 80.4 Å². The van der Waals surface area contributed by atoms with Crippen molar-refractivity contribution in [1.29, 1.82) is 0 Å². The van der Waals surface area contributed by atoms with E-state index in [0.29, 0.717) is 5.69 Å². The Morgan fingerprint density at radius 3 is 2.77 bits per heavy atom. The molecule has 1 aromatic heterocycles. The van der Waals surface area contributed by atoms with Gasteiger partial charge >= 0.3 is 0 Å². The molecule has 0 aliphatic rings. The minimum Gasteiger partial charge on any atom is -0.591 e. The fraction of sp³-hybridized carbons (Fsp3) is 0.500. The van der Waals surface area contributed by atoms with Crippen LogP contribution in [-0.2, 0) is 11.4 Å². The third kappa shape index (κ3) is 3.20. The molecule has 0 fully saturated rings. The van der Waals surface area contributed by atoms with E-state index in [1.807, 2.05) is 20.8 Å². The molecule has 0 bridgehead atoms. The fourth-order valence-electron chi connectivity index (χ4n) is 0.546. The fourth-order valence-corrected chi connectivity index (χ4v) is 1.07. The lowest BCUT2D eigenvalue weighted by molar-refractivity contribution is 0.557. The highest BCUT2D eigenvalue weighted by atomic mass is 32.2. The van der Waals surface area contributed by atoms with Crippen LogP contribution < -0.4 is 0 Å². The summed E-state index contributed by atoms with van der Waals surface area (Å²) in [6.45, 7) is 5.59. The SMILES string of the molecule is CC(C)(C)[S+]([O-])/N=C/c1cocn1. The van der Waals surface area contributed by atoms with Crippen LogP contribution in [0, 0.1) is 0 Å². The average Bonchev–Trinajstić information content (AvgIpc) is 2.50. The maximum atomic E-state index is 11.4. The van der Waals surface area contributed by atoms with Gasteiger partial charge in [0.2, 0.25) is 0 Å². The summed E-state index contributed by atoms with van der Waals surface area (Å²) < 4.78 is 19.7. The molecule has 0 aliphatic heterocycles. The number of aromatic nitrogens is 1. The van der Waals surface area contributed by atoms with Crippen LogP contribution in [0.2, 0.25) is 0 Å². The van der Waals surface area contributed by atoms with Gasteiger partial charge in [-0.1, -0.05) is 4.40 Å². The highest BCUT2D eigenvalue weighted by Gasteiger charge is 2.25.